The molecule has 0 spiro atoms. The van der Waals surface area contributed by atoms with Gasteiger partial charge in [-0.25, -0.2) is 4.39 Å². The molecule has 1 atom stereocenters. The molecular weight excluding hydrogens is 281 g/mol. The fourth-order valence-corrected chi connectivity index (χ4v) is 2.14. The molecule has 0 saturated carbocycles. The Balaban J connectivity index is 1.96. The number of rotatable bonds is 6. The maximum atomic E-state index is 13.6. The summed E-state index contributed by atoms with van der Waals surface area (Å²) in [6, 6.07) is 14.0. The van der Waals surface area contributed by atoms with Gasteiger partial charge in [0.1, 0.15) is 0 Å². The fraction of sp³-hybridized carbons (Fsp3) is 0.278. The van der Waals surface area contributed by atoms with Crippen LogP contribution in [0, 0.1) is 12.7 Å². The average molecular weight is 301 g/mol. The van der Waals surface area contributed by atoms with Gasteiger partial charge >= 0.3 is 0 Å². The van der Waals surface area contributed by atoms with Crippen molar-refractivity contribution < 1.29 is 13.9 Å². The maximum Gasteiger partial charge on any atom is 0.261 e. The molecule has 0 fully saturated rings. The zero-order valence-electron chi connectivity index (χ0n) is 12.8. The van der Waals surface area contributed by atoms with E-state index < -0.39 is 11.9 Å². The molecule has 22 heavy (non-hydrogen) atoms. The molecule has 0 aromatic heterocycles. The van der Waals surface area contributed by atoms with E-state index >= 15 is 0 Å². The number of halogens is 1. The Morgan fingerprint density at radius 3 is 2.68 bits per heavy atom. The number of carbonyl (C=O) groups is 1. The van der Waals surface area contributed by atoms with E-state index in [0.717, 1.165) is 11.1 Å². The molecule has 0 aliphatic heterocycles. The second kappa shape index (κ2) is 7.59. The van der Waals surface area contributed by atoms with Gasteiger partial charge in [0, 0.05) is 6.54 Å². The Labute approximate surface area is 130 Å². The molecule has 1 N–H and O–H groups in total. The normalized spacial score (nSPS) is 11.8. The van der Waals surface area contributed by atoms with Crippen molar-refractivity contribution in [2.45, 2.75) is 32.9 Å². The third-order valence-electron chi connectivity index (χ3n) is 3.32. The van der Waals surface area contributed by atoms with Crippen molar-refractivity contribution in [3.8, 4) is 5.75 Å². The van der Waals surface area contributed by atoms with Gasteiger partial charge in [0.25, 0.3) is 5.91 Å². The van der Waals surface area contributed by atoms with E-state index in [1.165, 1.54) is 12.1 Å². The van der Waals surface area contributed by atoms with Gasteiger partial charge in [0.05, 0.1) is 0 Å². The molecule has 0 unspecified atom stereocenters. The number of hydrogen-bond donors (Lipinski definition) is 1. The zero-order chi connectivity index (χ0) is 15.9. The number of para-hydroxylation sites is 1. The molecule has 1 amide bonds. The van der Waals surface area contributed by atoms with E-state index in [4.69, 9.17) is 4.74 Å². The largest absolute Gasteiger partial charge is 0.478 e. The first-order valence-electron chi connectivity index (χ1n) is 7.34. The second-order valence-corrected chi connectivity index (χ2v) is 5.15. The number of amides is 1. The van der Waals surface area contributed by atoms with Gasteiger partial charge in [-0.15, -0.1) is 0 Å². The second-order valence-electron chi connectivity index (χ2n) is 5.15. The highest BCUT2D eigenvalue weighted by Crippen LogP contribution is 2.18. The average Bonchev–Trinajstić information content (AvgIpc) is 2.52. The van der Waals surface area contributed by atoms with E-state index in [1.54, 1.807) is 12.1 Å². The molecule has 0 saturated heterocycles. The minimum Gasteiger partial charge on any atom is -0.478 e. The lowest BCUT2D eigenvalue weighted by atomic mass is 10.1. The molecule has 0 aliphatic carbocycles. The summed E-state index contributed by atoms with van der Waals surface area (Å²) in [6.45, 7) is 4.26. The van der Waals surface area contributed by atoms with Crippen LogP contribution in [0.2, 0.25) is 0 Å². The molecule has 0 heterocycles. The lowest BCUT2D eigenvalue weighted by molar-refractivity contribution is -0.128. The van der Waals surface area contributed by atoms with Crippen molar-refractivity contribution in [2.24, 2.45) is 0 Å². The minimum atomic E-state index is -0.707. The smallest absolute Gasteiger partial charge is 0.261 e. The summed E-state index contributed by atoms with van der Waals surface area (Å²) >= 11 is 0. The number of ether oxygens (including phenoxy) is 1. The molecule has 0 aliphatic rings. The lowest BCUT2D eigenvalue weighted by Gasteiger charge is -2.17. The van der Waals surface area contributed by atoms with Crippen LogP contribution in [0.1, 0.15) is 24.5 Å². The summed E-state index contributed by atoms with van der Waals surface area (Å²) < 4.78 is 19.1. The van der Waals surface area contributed by atoms with E-state index in [2.05, 4.69) is 5.32 Å². The van der Waals surface area contributed by atoms with E-state index in [-0.39, 0.29) is 11.7 Å². The van der Waals surface area contributed by atoms with Crippen molar-refractivity contribution >= 4 is 5.91 Å². The third-order valence-corrected chi connectivity index (χ3v) is 3.32. The van der Waals surface area contributed by atoms with Crippen LogP contribution in [-0.2, 0) is 11.3 Å². The topological polar surface area (TPSA) is 38.3 Å². The molecule has 0 bridgehead atoms. The monoisotopic (exact) mass is 301 g/mol. The molecule has 2 aromatic rings. The number of benzene rings is 2. The van der Waals surface area contributed by atoms with Crippen LogP contribution in [0.5, 0.6) is 5.75 Å². The van der Waals surface area contributed by atoms with Gasteiger partial charge in [-0.1, -0.05) is 48.9 Å². The van der Waals surface area contributed by atoms with E-state index in [1.807, 2.05) is 38.1 Å². The Kier molecular flexibility index (Phi) is 5.53. The van der Waals surface area contributed by atoms with Gasteiger partial charge in [-0.2, -0.15) is 0 Å². The van der Waals surface area contributed by atoms with Gasteiger partial charge in [0.15, 0.2) is 17.7 Å². The first-order valence-corrected chi connectivity index (χ1v) is 7.34. The highest BCUT2D eigenvalue weighted by molar-refractivity contribution is 5.81. The SMILES string of the molecule is CC[C@H](Oc1ccccc1F)C(=O)NCc1cccc(C)c1. The predicted molar refractivity (Wildman–Crippen MR) is 84.1 cm³/mol. The fourth-order valence-electron chi connectivity index (χ4n) is 2.14. The number of hydrogen-bond acceptors (Lipinski definition) is 2. The molecular formula is C18H20FNO2. The number of carbonyl (C=O) groups excluding carboxylic acids is 1. The first-order chi connectivity index (χ1) is 10.6. The Morgan fingerprint density at radius 1 is 1.23 bits per heavy atom. The van der Waals surface area contributed by atoms with Gasteiger partial charge in [-0.05, 0) is 31.0 Å². The maximum absolute atomic E-state index is 13.6. The van der Waals surface area contributed by atoms with Crippen LogP contribution in [-0.4, -0.2) is 12.0 Å². The first kappa shape index (κ1) is 16.0. The minimum absolute atomic E-state index is 0.0973. The van der Waals surface area contributed by atoms with Crippen molar-refractivity contribution in [3.63, 3.8) is 0 Å². The summed E-state index contributed by atoms with van der Waals surface area (Å²) in [5.74, 6) is -0.611. The highest BCUT2D eigenvalue weighted by atomic mass is 19.1. The van der Waals surface area contributed by atoms with Crippen LogP contribution in [0.3, 0.4) is 0 Å². The Bertz CT molecular complexity index is 642. The van der Waals surface area contributed by atoms with Crippen LogP contribution >= 0.6 is 0 Å². The van der Waals surface area contributed by atoms with Crippen LogP contribution < -0.4 is 10.1 Å². The Hall–Kier alpha value is -2.36. The van der Waals surface area contributed by atoms with Gasteiger partial charge in [-0.3, -0.25) is 4.79 Å². The number of nitrogens with one attached hydrogen (secondary N) is 1. The van der Waals surface area contributed by atoms with Gasteiger partial charge < -0.3 is 10.1 Å². The molecule has 116 valence electrons. The standard InChI is InChI=1S/C18H20FNO2/c1-3-16(22-17-10-5-4-9-15(17)19)18(21)20-12-14-8-6-7-13(2)11-14/h4-11,16H,3,12H2,1-2H3,(H,20,21)/t16-/m0/s1. The molecule has 2 rings (SSSR count). The quantitative estimate of drug-likeness (QED) is 0.885. The van der Waals surface area contributed by atoms with Crippen molar-refractivity contribution in [2.75, 3.05) is 0 Å². The summed E-state index contributed by atoms with van der Waals surface area (Å²) in [6.07, 6.45) is -0.240. The summed E-state index contributed by atoms with van der Waals surface area (Å²) in [4.78, 5) is 12.2. The van der Waals surface area contributed by atoms with E-state index in [9.17, 15) is 9.18 Å². The van der Waals surface area contributed by atoms with Gasteiger partial charge in [0.2, 0.25) is 0 Å². The van der Waals surface area contributed by atoms with Crippen molar-refractivity contribution in [1.29, 1.82) is 0 Å². The van der Waals surface area contributed by atoms with Crippen LogP contribution in [0.4, 0.5) is 4.39 Å². The molecule has 0 radical (unpaired) electrons. The van der Waals surface area contributed by atoms with Crippen LogP contribution in [0.15, 0.2) is 48.5 Å². The Morgan fingerprint density at radius 2 is 2.00 bits per heavy atom. The lowest BCUT2D eigenvalue weighted by Crippen LogP contribution is -2.37. The van der Waals surface area contributed by atoms with E-state index in [0.29, 0.717) is 13.0 Å². The predicted octanol–water partition coefficient (Wildman–Crippen LogP) is 3.61. The van der Waals surface area contributed by atoms with Crippen molar-refractivity contribution in [1.82, 2.24) is 5.32 Å². The number of aryl methyl sites for hydroxylation is 1. The third kappa shape index (κ3) is 4.32. The highest BCUT2D eigenvalue weighted by Gasteiger charge is 2.19. The van der Waals surface area contributed by atoms with Crippen molar-refractivity contribution in [3.05, 3.63) is 65.5 Å². The molecule has 4 heteroatoms. The molecule has 3 nitrogen and oxygen atoms in total. The van der Waals surface area contributed by atoms with Crippen LogP contribution in [0.25, 0.3) is 0 Å². The summed E-state index contributed by atoms with van der Waals surface area (Å²) in [5.41, 5.74) is 2.16. The summed E-state index contributed by atoms with van der Waals surface area (Å²) in [5, 5.41) is 2.83. The zero-order valence-corrected chi connectivity index (χ0v) is 12.8. The summed E-state index contributed by atoms with van der Waals surface area (Å²) in [7, 11) is 0. The molecule has 2 aromatic carbocycles.